The van der Waals surface area contributed by atoms with Gasteiger partial charge in [0.05, 0.1) is 18.5 Å². The van der Waals surface area contributed by atoms with E-state index in [-0.39, 0.29) is 6.04 Å². The predicted molar refractivity (Wildman–Crippen MR) is 59.6 cm³/mol. The molecule has 3 nitrogen and oxygen atoms in total. The molecule has 1 atom stereocenters. The SMILES string of the molecule is Cc1cc(C)cc(OCC(N)CC#N)c1. The minimum atomic E-state index is -0.212. The van der Waals surface area contributed by atoms with Gasteiger partial charge in [-0.2, -0.15) is 5.26 Å². The van der Waals surface area contributed by atoms with Crippen molar-refractivity contribution < 1.29 is 4.74 Å². The minimum absolute atomic E-state index is 0.212. The molecule has 0 bridgehead atoms. The Morgan fingerprint density at radius 3 is 2.47 bits per heavy atom. The third-order valence-electron chi connectivity index (χ3n) is 2.01. The summed E-state index contributed by atoms with van der Waals surface area (Å²) in [6.07, 6.45) is 0.324. The van der Waals surface area contributed by atoms with Crippen LogP contribution in [0.2, 0.25) is 0 Å². The molecule has 0 saturated heterocycles. The molecule has 1 aromatic carbocycles. The Kier molecular flexibility index (Phi) is 4.14. The normalized spacial score (nSPS) is 11.9. The van der Waals surface area contributed by atoms with Crippen molar-refractivity contribution in [1.82, 2.24) is 0 Å². The van der Waals surface area contributed by atoms with Gasteiger partial charge in [0.1, 0.15) is 12.4 Å². The Hall–Kier alpha value is -1.53. The first-order chi connectivity index (χ1) is 7.11. The fraction of sp³-hybridized carbons (Fsp3) is 0.417. The van der Waals surface area contributed by atoms with E-state index in [1.165, 1.54) is 11.1 Å². The quantitative estimate of drug-likeness (QED) is 0.815. The Balaban J connectivity index is 2.54. The van der Waals surface area contributed by atoms with Crippen LogP contribution < -0.4 is 10.5 Å². The fourth-order valence-corrected chi connectivity index (χ4v) is 1.40. The van der Waals surface area contributed by atoms with Crippen LogP contribution in [0.5, 0.6) is 5.75 Å². The van der Waals surface area contributed by atoms with Crippen LogP contribution in [0, 0.1) is 25.2 Å². The summed E-state index contributed by atoms with van der Waals surface area (Å²) < 4.78 is 5.51. The summed E-state index contributed by atoms with van der Waals surface area (Å²) in [6, 6.07) is 7.82. The van der Waals surface area contributed by atoms with Gasteiger partial charge in [-0.1, -0.05) is 6.07 Å². The van der Waals surface area contributed by atoms with Crippen LogP contribution in [0.3, 0.4) is 0 Å². The highest BCUT2D eigenvalue weighted by Crippen LogP contribution is 2.16. The van der Waals surface area contributed by atoms with Crippen molar-refractivity contribution in [1.29, 1.82) is 5.26 Å². The van der Waals surface area contributed by atoms with E-state index >= 15 is 0 Å². The number of nitriles is 1. The van der Waals surface area contributed by atoms with E-state index in [4.69, 9.17) is 15.7 Å². The molecule has 0 saturated carbocycles. The first kappa shape index (κ1) is 11.5. The first-order valence-electron chi connectivity index (χ1n) is 4.95. The summed E-state index contributed by atoms with van der Waals surface area (Å²) in [4.78, 5) is 0. The molecule has 80 valence electrons. The number of hydrogen-bond acceptors (Lipinski definition) is 3. The Labute approximate surface area is 90.5 Å². The maximum Gasteiger partial charge on any atom is 0.119 e. The third-order valence-corrected chi connectivity index (χ3v) is 2.01. The molecule has 0 fully saturated rings. The third kappa shape index (κ3) is 4.01. The molecular formula is C12H16N2O. The topological polar surface area (TPSA) is 59.0 Å². The van der Waals surface area contributed by atoms with Gasteiger partial charge in [0.15, 0.2) is 0 Å². The Morgan fingerprint density at radius 1 is 1.33 bits per heavy atom. The van der Waals surface area contributed by atoms with Crippen molar-refractivity contribution in [3.8, 4) is 11.8 Å². The van der Waals surface area contributed by atoms with Crippen LogP contribution in [0.25, 0.3) is 0 Å². The number of rotatable bonds is 4. The number of hydrogen-bond donors (Lipinski definition) is 1. The summed E-state index contributed by atoms with van der Waals surface area (Å²) in [6.45, 7) is 4.43. The summed E-state index contributed by atoms with van der Waals surface area (Å²) in [5, 5.41) is 8.44. The standard InChI is InChI=1S/C12H16N2O/c1-9-5-10(2)7-12(6-9)15-8-11(14)3-4-13/h5-7,11H,3,8,14H2,1-2H3. The molecule has 1 unspecified atom stereocenters. The zero-order valence-corrected chi connectivity index (χ0v) is 9.16. The van der Waals surface area contributed by atoms with Crippen molar-refractivity contribution in [3.05, 3.63) is 29.3 Å². The number of benzene rings is 1. The lowest BCUT2D eigenvalue weighted by molar-refractivity contribution is 0.289. The molecule has 0 heterocycles. The largest absolute Gasteiger partial charge is 0.492 e. The minimum Gasteiger partial charge on any atom is -0.492 e. The molecule has 0 aliphatic carbocycles. The molecule has 0 aliphatic heterocycles. The van der Waals surface area contributed by atoms with Crippen LogP contribution in [0.4, 0.5) is 0 Å². The highest BCUT2D eigenvalue weighted by Gasteiger charge is 2.03. The molecule has 0 radical (unpaired) electrons. The van der Waals surface area contributed by atoms with Gasteiger partial charge in [-0.15, -0.1) is 0 Å². The van der Waals surface area contributed by atoms with Gasteiger partial charge in [0.2, 0.25) is 0 Å². The summed E-state index contributed by atoms with van der Waals surface area (Å²) >= 11 is 0. The van der Waals surface area contributed by atoms with E-state index in [1.54, 1.807) is 0 Å². The maximum atomic E-state index is 8.44. The van der Waals surface area contributed by atoms with Crippen LogP contribution in [0.1, 0.15) is 17.5 Å². The van der Waals surface area contributed by atoms with Crippen LogP contribution in [-0.4, -0.2) is 12.6 Å². The molecule has 0 aromatic heterocycles. The van der Waals surface area contributed by atoms with Gasteiger partial charge < -0.3 is 10.5 Å². The van der Waals surface area contributed by atoms with E-state index in [2.05, 4.69) is 6.07 Å². The van der Waals surface area contributed by atoms with Crippen molar-refractivity contribution >= 4 is 0 Å². The van der Waals surface area contributed by atoms with Gasteiger partial charge in [-0.05, 0) is 37.1 Å². The molecular weight excluding hydrogens is 188 g/mol. The van der Waals surface area contributed by atoms with E-state index in [0.29, 0.717) is 13.0 Å². The van der Waals surface area contributed by atoms with Crippen LogP contribution in [0.15, 0.2) is 18.2 Å². The first-order valence-corrected chi connectivity index (χ1v) is 4.95. The van der Waals surface area contributed by atoms with Gasteiger partial charge in [-0.25, -0.2) is 0 Å². The molecule has 2 N–H and O–H groups in total. The summed E-state index contributed by atoms with van der Waals surface area (Å²) in [5.74, 6) is 0.820. The van der Waals surface area contributed by atoms with E-state index in [0.717, 1.165) is 5.75 Å². The molecule has 3 heteroatoms. The zero-order valence-electron chi connectivity index (χ0n) is 9.16. The van der Waals surface area contributed by atoms with Gasteiger partial charge in [0, 0.05) is 0 Å². The Morgan fingerprint density at radius 2 is 1.93 bits per heavy atom. The second-order valence-corrected chi connectivity index (χ2v) is 3.76. The monoisotopic (exact) mass is 204 g/mol. The van der Waals surface area contributed by atoms with E-state index in [1.807, 2.05) is 32.0 Å². The number of aryl methyl sites for hydroxylation is 2. The van der Waals surface area contributed by atoms with Gasteiger partial charge in [0.25, 0.3) is 0 Å². The highest BCUT2D eigenvalue weighted by atomic mass is 16.5. The van der Waals surface area contributed by atoms with Crippen molar-refractivity contribution in [2.75, 3.05) is 6.61 Å². The average molecular weight is 204 g/mol. The highest BCUT2D eigenvalue weighted by molar-refractivity contribution is 5.32. The second kappa shape index (κ2) is 5.38. The van der Waals surface area contributed by atoms with Crippen molar-refractivity contribution in [3.63, 3.8) is 0 Å². The molecule has 0 aliphatic rings. The van der Waals surface area contributed by atoms with Gasteiger partial charge in [-0.3, -0.25) is 0 Å². The number of nitrogens with two attached hydrogens (primary N) is 1. The Bertz CT molecular complexity index is 348. The number of nitrogens with zero attached hydrogens (tertiary/aromatic N) is 1. The summed E-state index contributed by atoms with van der Waals surface area (Å²) in [7, 11) is 0. The predicted octanol–water partition coefficient (Wildman–Crippen LogP) is 1.92. The average Bonchev–Trinajstić information content (AvgIpc) is 2.14. The van der Waals surface area contributed by atoms with Crippen molar-refractivity contribution in [2.24, 2.45) is 5.73 Å². The van der Waals surface area contributed by atoms with Gasteiger partial charge >= 0.3 is 0 Å². The lowest BCUT2D eigenvalue weighted by Crippen LogP contribution is -2.27. The molecule has 1 rings (SSSR count). The van der Waals surface area contributed by atoms with Crippen LogP contribution >= 0.6 is 0 Å². The van der Waals surface area contributed by atoms with E-state index < -0.39 is 0 Å². The fourth-order valence-electron chi connectivity index (χ4n) is 1.40. The second-order valence-electron chi connectivity index (χ2n) is 3.76. The lowest BCUT2D eigenvalue weighted by atomic mass is 10.1. The van der Waals surface area contributed by atoms with Crippen LogP contribution in [-0.2, 0) is 0 Å². The molecule has 15 heavy (non-hydrogen) atoms. The molecule has 0 amide bonds. The molecule has 1 aromatic rings. The molecule has 0 spiro atoms. The van der Waals surface area contributed by atoms with E-state index in [9.17, 15) is 0 Å². The number of ether oxygens (including phenoxy) is 1. The lowest BCUT2D eigenvalue weighted by Gasteiger charge is -2.11. The maximum absolute atomic E-state index is 8.44. The van der Waals surface area contributed by atoms with Crippen molar-refractivity contribution in [2.45, 2.75) is 26.3 Å². The zero-order chi connectivity index (χ0) is 11.3. The summed E-state index contributed by atoms with van der Waals surface area (Å²) in [5.41, 5.74) is 7.99. The smallest absolute Gasteiger partial charge is 0.119 e.